The molecule has 0 bridgehead atoms. The van der Waals surface area contributed by atoms with Gasteiger partial charge in [0.1, 0.15) is 11.0 Å². The lowest BCUT2D eigenvalue weighted by Gasteiger charge is -2.20. The fourth-order valence-electron chi connectivity index (χ4n) is 3.88. The van der Waals surface area contributed by atoms with Crippen LogP contribution in [0.15, 0.2) is 103 Å². The molecule has 4 aromatic rings. The van der Waals surface area contributed by atoms with E-state index in [9.17, 15) is 13.2 Å². The number of urea groups is 1. The van der Waals surface area contributed by atoms with Crippen molar-refractivity contribution in [3.63, 3.8) is 0 Å². The molecule has 1 unspecified atom stereocenters. The number of pyridine rings is 1. The highest BCUT2D eigenvalue weighted by Gasteiger charge is 2.30. The van der Waals surface area contributed by atoms with E-state index in [0.29, 0.717) is 23.5 Å². The second-order valence-electron chi connectivity index (χ2n) is 7.80. The predicted octanol–water partition coefficient (Wildman–Crippen LogP) is 5.27. The Kier molecular flexibility index (Phi) is 7.12. The van der Waals surface area contributed by atoms with Gasteiger partial charge >= 0.3 is 6.03 Å². The summed E-state index contributed by atoms with van der Waals surface area (Å²) >= 11 is 0. The van der Waals surface area contributed by atoms with Gasteiger partial charge in [0.2, 0.25) is 0 Å². The summed E-state index contributed by atoms with van der Waals surface area (Å²) in [6.45, 7) is 4.13. The Bertz CT molecular complexity index is 1450. The van der Waals surface area contributed by atoms with Gasteiger partial charge in [-0.3, -0.25) is 4.98 Å². The second kappa shape index (κ2) is 10.4. The lowest BCUT2D eigenvalue weighted by molar-refractivity contribution is 0.251. The maximum atomic E-state index is 13.6. The molecule has 0 spiro atoms. The van der Waals surface area contributed by atoms with Gasteiger partial charge in [0, 0.05) is 30.2 Å². The molecule has 1 heterocycles. The summed E-state index contributed by atoms with van der Waals surface area (Å²) in [7, 11) is -2.34. The molecular weight excluding hydrogens is 462 g/mol. The number of methoxy groups -OCH3 is 1. The number of amides is 2. The smallest absolute Gasteiger partial charge is 0.319 e. The Balaban J connectivity index is 1.56. The number of aromatic nitrogens is 1. The van der Waals surface area contributed by atoms with E-state index in [1.54, 1.807) is 36.7 Å². The first-order chi connectivity index (χ1) is 16.9. The molecule has 0 aliphatic heterocycles. The second-order valence-corrected chi connectivity index (χ2v) is 9.87. The molecule has 3 aromatic carbocycles. The lowest BCUT2D eigenvalue weighted by atomic mass is 10.0. The van der Waals surface area contributed by atoms with E-state index in [0.717, 1.165) is 16.3 Å². The number of hydrogen-bond donors (Lipinski definition) is 2. The van der Waals surface area contributed by atoms with Crippen molar-refractivity contribution in [1.29, 1.82) is 0 Å². The lowest BCUT2D eigenvalue weighted by Crippen LogP contribution is -2.28. The van der Waals surface area contributed by atoms with Crippen molar-refractivity contribution in [3.8, 4) is 5.75 Å². The van der Waals surface area contributed by atoms with Crippen molar-refractivity contribution in [2.75, 3.05) is 12.4 Å². The third-order valence-electron chi connectivity index (χ3n) is 5.60. The van der Waals surface area contributed by atoms with E-state index in [-0.39, 0.29) is 4.90 Å². The highest BCUT2D eigenvalue weighted by molar-refractivity contribution is 7.91. The Hall–Kier alpha value is -4.17. The van der Waals surface area contributed by atoms with E-state index in [2.05, 4.69) is 22.2 Å². The highest BCUT2D eigenvalue weighted by Crippen LogP contribution is 2.40. The maximum absolute atomic E-state index is 13.6. The van der Waals surface area contributed by atoms with Crippen LogP contribution < -0.4 is 15.4 Å². The molecular formula is C27H25N3O4S. The zero-order valence-electron chi connectivity index (χ0n) is 19.1. The van der Waals surface area contributed by atoms with Crippen LogP contribution in [0.4, 0.5) is 10.5 Å². The normalized spacial score (nSPS) is 12.0. The average molecular weight is 488 g/mol. The van der Waals surface area contributed by atoms with Crippen LogP contribution >= 0.6 is 0 Å². The SMILES string of the molecule is C=CC(c1c(OC)ccc2ccccc12)S(=O)(=O)c1ccc(NC(=O)NCc2cccnc2)cc1. The topological polar surface area (TPSA) is 97.4 Å². The molecule has 178 valence electrons. The van der Waals surface area contributed by atoms with Crippen LogP contribution in [0.1, 0.15) is 16.4 Å². The van der Waals surface area contributed by atoms with Crippen molar-refractivity contribution < 1.29 is 17.9 Å². The zero-order chi connectivity index (χ0) is 24.8. The van der Waals surface area contributed by atoms with Gasteiger partial charge in [0.25, 0.3) is 0 Å². The summed E-state index contributed by atoms with van der Waals surface area (Å²) in [5, 5.41) is 6.10. The van der Waals surface area contributed by atoms with Gasteiger partial charge in [-0.25, -0.2) is 13.2 Å². The molecule has 1 aromatic heterocycles. The summed E-state index contributed by atoms with van der Waals surface area (Å²) in [6.07, 6.45) is 4.74. The number of ether oxygens (including phenoxy) is 1. The van der Waals surface area contributed by atoms with Crippen molar-refractivity contribution in [1.82, 2.24) is 10.3 Å². The van der Waals surface area contributed by atoms with Crippen molar-refractivity contribution in [2.45, 2.75) is 16.7 Å². The number of rotatable bonds is 8. The van der Waals surface area contributed by atoms with E-state index < -0.39 is 21.1 Å². The van der Waals surface area contributed by atoms with E-state index in [4.69, 9.17) is 4.74 Å². The van der Waals surface area contributed by atoms with Crippen LogP contribution in [-0.4, -0.2) is 26.5 Å². The Morgan fingerprint density at radius 3 is 2.51 bits per heavy atom. The van der Waals surface area contributed by atoms with E-state index in [1.165, 1.54) is 25.3 Å². The minimum absolute atomic E-state index is 0.110. The predicted molar refractivity (Wildman–Crippen MR) is 137 cm³/mol. The van der Waals surface area contributed by atoms with Gasteiger partial charge in [0.15, 0.2) is 9.84 Å². The summed E-state index contributed by atoms with van der Waals surface area (Å²) in [5.74, 6) is 0.473. The Morgan fingerprint density at radius 1 is 1.06 bits per heavy atom. The van der Waals surface area contributed by atoms with Gasteiger partial charge in [-0.15, -0.1) is 6.58 Å². The van der Waals surface area contributed by atoms with Gasteiger partial charge < -0.3 is 15.4 Å². The van der Waals surface area contributed by atoms with Crippen LogP contribution in [0.5, 0.6) is 5.75 Å². The summed E-state index contributed by atoms with van der Waals surface area (Å²) in [4.78, 5) is 16.3. The minimum Gasteiger partial charge on any atom is -0.496 e. The number of hydrogen-bond acceptors (Lipinski definition) is 5. The molecule has 2 amide bonds. The number of anilines is 1. The first-order valence-corrected chi connectivity index (χ1v) is 12.4. The van der Waals surface area contributed by atoms with Crippen molar-refractivity contribution in [3.05, 3.63) is 109 Å². The molecule has 0 aliphatic rings. The number of nitrogens with zero attached hydrogens (tertiary/aromatic N) is 1. The molecule has 0 saturated heterocycles. The first kappa shape index (κ1) is 24.0. The highest BCUT2D eigenvalue weighted by atomic mass is 32.2. The maximum Gasteiger partial charge on any atom is 0.319 e. The molecule has 1 atom stereocenters. The molecule has 0 radical (unpaired) electrons. The van der Waals surface area contributed by atoms with Crippen LogP contribution in [0.2, 0.25) is 0 Å². The molecule has 35 heavy (non-hydrogen) atoms. The Labute approximate surface area is 204 Å². The van der Waals surface area contributed by atoms with Gasteiger partial charge in [-0.05, 0) is 52.7 Å². The van der Waals surface area contributed by atoms with Crippen LogP contribution in [0.3, 0.4) is 0 Å². The van der Waals surface area contributed by atoms with Gasteiger partial charge in [-0.2, -0.15) is 0 Å². The van der Waals surface area contributed by atoms with Gasteiger partial charge in [-0.1, -0.05) is 42.5 Å². The molecule has 0 aliphatic carbocycles. The molecule has 0 saturated carbocycles. The summed E-state index contributed by atoms with van der Waals surface area (Å²) in [6, 6.07) is 20.5. The molecule has 0 fully saturated rings. The van der Waals surface area contributed by atoms with E-state index in [1.807, 2.05) is 36.4 Å². The van der Waals surface area contributed by atoms with Crippen molar-refractivity contribution >= 4 is 32.3 Å². The van der Waals surface area contributed by atoms with Crippen LogP contribution in [0.25, 0.3) is 10.8 Å². The summed E-state index contributed by atoms with van der Waals surface area (Å²) in [5.41, 5.74) is 1.87. The monoisotopic (exact) mass is 487 g/mol. The van der Waals surface area contributed by atoms with E-state index >= 15 is 0 Å². The fraction of sp³-hybridized carbons (Fsp3) is 0.111. The molecule has 4 rings (SSSR count). The number of fused-ring (bicyclic) bond motifs is 1. The molecule has 7 nitrogen and oxygen atoms in total. The average Bonchev–Trinajstić information content (AvgIpc) is 2.89. The quantitative estimate of drug-likeness (QED) is 0.330. The fourth-order valence-corrected chi connectivity index (χ4v) is 5.50. The molecule has 2 N–H and O–H groups in total. The zero-order valence-corrected chi connectivity index (χ0v) is 20.0. The summed E-state index contributed by atoms with van der Waals surface area (Å²) < 4.78 is 32.8. The number of nitrogens with one attached hydrogen (secondary N) is 2. The number of carbonyl (C=O) groups excluding carboxylic acids is 1. The number of carbonyl (C=O) groups is 1. The molecule has 8 heteroatoms. The number of benzene rings is 3. The van der Waals surface area contributed by atoms with Gasteiger partial charge in [0.05, 0.1) is 12.0 Å². The van der Waals surface area contributed by atoms with Crippen LogP contribution in [-0.2, 0) is 16.4 Å². The third-order valence-corrected chi connectivity index (χ3v) is 7.63. The van der Waals surface area contributed by atoms with Crippen molar-refractivity contribution in [2.24, 2.45) is 0 Å². The first-order valence-electron chi connectivity index (χ1n) is 10.9. The largest absolute Gasteiger partial charge is 0.496 e. The minimum atomic E-state index is -3.85. The third kappa shape index (κ3) is 5.17. The number of sulfone groups is 1. The Morgan fingerprint density at radius 2 is 1.83 bits per heavy atom. The van der Waals surface area contributed by atoms with Crippen LogP contribution in [0, 0.1) is 0 Å². The standard InChI is InChI=1S/C27H25N3O4S/c1-3-25(26-23-9-5-4-8-20(23)10-15-24(26)34-2)35(32,33)22-13-11-21(12-14-22)30-27(31)29-18-19-7-6-16-28-17-19/h3-17,25H,1,18H2,2H3,(H2,29,30,31).